The molecule has 20 heavy (non-hydrogen) atoms. The number of rotatable bonds is 5. The van der Waals surface area contributed by atoms with Crippen LogP contribution in [0.3, 0.4) is 0 Å². The smallest absolute Gasteiger partial charge is 0.240 e. The second kappa shape index (κ2) is 6.89. The second-order valence-corrected chi connectivity index (χ2v) is 7.68. The predicted octanol–water partition coefficient (Wildman–Crippen LogP) is 1.72. The van der Waals surface area contributed by atoms with E-state index in [0.29, 0.717) is 12.1 Å². The van der Waals surface area contributed by atoms with Gasteiger partial charge in [-0.25, -0.2) is 17.5 Å². The van der Waals surface area contributed by atoms with E-state index in [1.807, 2.05) is 0 Å². The van der Waals surface area contributed by atoms with Gasteiger partial charge in [0.2, 0.25) is 10.0 Å². The van der Waals surface area contributed by atoms with Crippen LogP contribution in [0, 0.1) is 5.82 Å². The summed E-state index contributed by atoms with van der Waals surface area (Å²) in [5, 5.41) is 2.83. The van der Waals surface area contributed by atoms with Crippen LogP contribution in [0.2, 0.25) is 0 Å². The first kappa shape index (κ1) is 15.8. The first-order valence-corrected chi connectivity index (χ1v) is 9.20. The molecule has 0 aromatic heterocycles. The Morgan fingerprint density at radius 3 is 2.90 bits per heavy atom. The SMILES string of the molecule is CNCc1cc(S(=O)(=O)NC2CCCSC2)ccc1F. The lowest BCUT2D eigenvalue weighted by molar-refractivity contribution is 0.542. The van der Waals surface area contributed by atoms with Gasteiger partial charge in [0, 0.05) is 23.9 Å². The normalized spacial score (nSPS) is 20.0. The highest BCUT2D eigenvalue weighted by Crippen LogP contribution is 2.20. The first-order valence-electron chi connectivity index (χ1n) is 6.56. The molecule has 0 saturated carbocycles. The summed E-state index contributed by atoms with van der Waals surface area (Å²) in [5.74, 6) is 1.48. The Morgan fingerprint density at radius 2 is 2.25 bits per heavy atom. The van der Waals surface area contributed by atoms with Crippen LogP contribution in [0.25, 0.3) is 0 Å². The van der Waals surface area contributed by atoms with Crippen molar-refractivity contribution in [3.05, 3.63) is 29.6 Å². The summed E-state index contributed by atoms with van der Waals surface area (Å²) in [6.07, 6.45) is 1.88. The van der Waals surface area contributed by atoms with Crippen molar-refractivity contribution in [3.8, 4) is 0 Å². The standard InChI is InChI=1S/C13H19FN2O2S2/c1-15-8-10-7-12(4-5-13(10)14)20(17,18)16-11-3-2-6-19-9-11/h4-5,7,11,15-16H,2-3,6,8-9H2,1H3. The van der Waals surface area contributed by atoms with Crippen molar-refractivity contribution in [2.45, 2.75) is 30.3 Å². The molecule has 0 amide bonds. The van der Waals surface area contributed by atoms with E-state index in [1.54, 1.807) is 18.8 Å². The molecule has 7 heteroatoms. The third-order valence-electron chi connectivity index (χ3n) is 3.18. The van der Waals surface area contributed by atoms with Crippen molar-refractivity contribution in [3.63, 3.8) is 0 Å². The van der Waals surface area contributed by atoms with E-state index in [1.165, 1.54) is 18.2 Å². The van der Waals surface area contributed by atoms with Gasteiger partial charge in [-0.15, -0.1) is 0 Å². The minimum Gasteiger partial charge on any atom is -0.316 e. The maximum Gasteiger partial charge on any atom is 0.240 e. The Labute approximate surface area is 123 Å². The number of halogens is 1. The molecule has 2 N–H and O–H groups in total. The van der Waals surface area contributed by atoms with E-state index >= 15 is 0 Å². The molecule has 0 spiro atoms. The van der Waals surface area contributed by atoms with Crippen LogP contribution >= 0.6 is 11.8 Å². The van der Waals surface area contributed by atoms with Gasteiger partial charge in [0.15, 0.2) is 0 Å². The van der Waals surface area contributed by atoms with Crippen molar-refractivity contribution in [2.24, 2.45) is 0 Å². The number of hydrogen-bond donors (Lipinski definition) is 2. The Hall–Kier alpha value is -0.630. The van der Waals surface area contributed by atoms with Crippen molar-refractivity contribution in [1.82, 2.24) is 10.0 Å². The summed E-state index contributed by atoms with van der Waals surface area (Å²) in [7, 11) is -1.88. The minimum atomic E-state index is -3.58. The lowest BCUT2D eigenvalue weighted by Gasteiger charge is -2.22. The summed E-state index contributed by atoms with van der Waals surface area (Å²) in [6, 6.07) is 3.88. The molecule has 1 aromatic carbocycles. The van der Waals surface area contributed by atoms with E-state index in [-0.39, 0.29) is 10.9 Å². The molecule has 1 aromatic rings. The Balaban J connectivity index is 2.17. The van der Waals surface area contributed by atoms with Gasteiger partial charge in [0.25, 0.3) is 0 Å². The van der Waals surface area contributed by atoms with Gasteiger partial charge in [-0.2, -0.15) is 11.8 Å². The highest BCUT2D eigenvalue weighted by atomic mass is 32.2. The predicted molar refractivity (Wildman–Crippen MR) is 79.8 cm³/mol. The van der Waals surface area contributed by atoms with E-state index in [4.69, 9.17) is 0 Å². The van der Waals surface area contributed by atoms with Gasteiger partial charge in [0.05, 0.1) is 4.90 Å². The zero-order valence-electron chi connectivity index (χ0n) is 11.4. The maximum atomic E-state index is 13.5. The van der Waals surface area contributed by atoms with Gasteiger partial charge in [-0.05, 0) is 43.8 Å². The van der Waals surface area contributed by atoms with Crippen LogP contribution < -0.4 is 10.0 Å². The summed E-state index contributed by atoms with van der Waals surface area (Å²) in [4.78, 5) is 0.125. The number of sulfonamides is 1. The van der Waals surface area contributed by atoms with Crippen molar-refractivity contribution >= 4 is 21.8 Å². The van der Waals surface area contributed by atoms with Gasteiger partial charge >= 0.3 is 0 Å². The fraction of sp³-hybridized carbons (Fsp3) is 0.538. The molecule has 0 bridgehead atoms. The zero-order chi connectivity index (χ0) is 14.6. The van der Waals surface area contributed by atoms with Crippen molar-refractivity contribution < 1.29 is 12.8 Å². The monoisotopic (exact) mass is 318 g/mol. The molecule has 0 radical (unpaired) electrons. The van der Waals surface area contributed by atoms with Gasteiger partial charge < -0.3 is 5.32 Å². The zero-order valence-corrected chi connectivity index (χ0v) is 13.0. The van der Waals surface area contributed by atoms with Crippen LogP contribution in [-0.2, 0) is 16.6 Å². The molecule has 1 unspecified atom stereocenters. The van der Waals surface area contributed by atoms with Gasteiger partial charge in [-0.1, -0.05) is 0 Å². The highest BCUT2D eigenvalue weighted by molar-refractivity contribution is 7.99. The molecule has 4 nitrogen and oxygen atoms in total. The molecule has 0 aliphatic carbocycles. The summed E-state index contributed by atoms with van der Waals surface area (Å²) < 4.78 is 40.9. The number of benzene rings is 1. The lowest BCUT2D eigenvalue weighted by Crippen LogP contribution is -2.38. The maximum absolute atomic E-state index is 13.5. The van der Waals surface area contributed by atoms with E-state index in [2.05, 4.69) is 10.0 Å². The molecule has 1 aliphatic rings. The summed E-state index contributed by atoms with van der Waals surface area (Å²) >= 11 is 1.76. The molecular formula is C13H19FN2O2S2. The third-order valence-corrected chi connectivity index (χ3v) is 5.91. The number of thioether (sulfide) groups is 1. The minimum absolute atomic E-state index is 0.0310. The number of nitrogens with one attached hydrogen (secondary N) is 2. The topological polar surface area (TPSA) is 58.2 Å². The summed E-state index contributed by atoms with van der Waals surface area (Å²) in [6.45, 7) is 0.300. The Morgan fingerprint density at radius 1 is 1.45 bits per heavy atom. The quantitative estimate of drug-likeness (QED) is 0.868. The lowest BCUT2D eigenvalue weighted by atomic mass is 10.2. The molecule has 112 valence electrons. The highest BCUT2D eigenvalue weighted by Gasteiger charge is 2.22. The number of hydrogen-bond acceptors (Lipinski definition) is 4. The molecule has 2 rings (SSSR count). The average molecular weight is 318 g/mol. The average Bonchev–Trinajstić information content (AvgIpc) is 2.42. The molecule has 1 aliphatic heterocycles. The van der Waals surface area contributed by atoms with Crippen LogP contribution in [0.4, 0.5) is 4.39 Å². The second-order valence-electron chi connectivity index (χ2n) is 4.82. The largest absolute Gasteiger partial charge is 0.316 e. The fourth-order valence-corrected chi connectivity index (χ4v) is 4.66. The first-order chi connectivity index (χ1) is 9.53. The summed E-state index contributed by atoms with van der Waals surface area (Å²) in [5.41, 5.74) is 0.355. The molecule has 1 saturated heterocycles. The molecule has 1 heterocycles. The Bertz CT molecular complexity index is 557. The van der Waals surface area contributed by atoms with Crippen LogP contribution in [0.1, 0.15) is 18.4 Å². The molecule has 1 fully saturated rings. The fourth-order valence-electron chi connectivity index (χ4n) is 2.17. The third kappa shape index (κ3) is 3.94. The Kier molecular flexibility index (Phi) is 5.42. The van der Waals surface area contributed by atoms with Crippen LogP contribution in [-0.4, -0.2) is 33.0 Å². The van der Waals surface area contributed by atoms with Crippen LogP contribution in [0.15, 0.2) is 23.1 Å². The van der Waals surface area contributed by atoms with Gasteiger partial charge in [0.1, 0.15) is 5.82 Å². The van der Waals surface area contributed by atoms with Crippen molar-refractivity contribution in [2.75, 3.05) is 18.6 Å². The van der Waals surface area contributed by atoms with E-state index in [9.17, 15) is 12.8 Å². The van der Waals surface area contributed by atoms with Crippen LogP contribution in [0.5, 0.6) is 0 Å². The van der Waals surface area contributed by atoms with Gasteiger partial charge in [-0.3, -0.25) is 0 Å². The molecular weight excluding hydrogens is 299 g/mol. The van der Waals surface area contributed by atoms with Crippen molar-refractivity contribution in [1.29, 1.82) is 0 Å². The van der Waals surface area contributed by atoms with E-state index in [0.717, 1.165) is 24.3 Å². The molecule has 1 atom stereocenters. The van der Waals surface area contributed by atoms with E-state index < -0.39 is 15.8 Å².